The van der Waals surface area contributed by atoms with E-state index in [1.807, 2.05) is 24.3 Å². The quantitative estimate of drug-likeness (QED) is 0.744. The molecule has 3 N–H and O–H groups in total. The van der Waals surface area contributed by atoms with E-state index in [0.717, 1.165) is 10.8 Å². The van der Waals surface area contributed by atoms with E-state index in [1.54, 1.807) is 18.3 Å². The molecule has 0 fully saturated rings. The second-order valence-corrected chi connectivity index (χ2v) is 5.02. The molecule has 0 bridgehead atoms. The fourth-order valence-electron chi connectivity index (χ4n) is 2.16. The number of amides is 2. The number of benzene rings is 2. The number of carbonyl (C=O) groups excluding carboxylic acids is 2. The van der Waals surface area contributed by atoms with Crippen LogP contribution in [0.3, 0.4) is 0 Å². The average molecular weight is 322 g/mol. The molecular weight excluding hydrogens is 308 g/mol. The van der Waals surface area contributed by atoms with Crippen LogP contribution in [0.4, 0.5) is 5.69 Å². The average Bonchev–Trinajstić information content (AvgIpc) is 2.60. The lowest BCUT2D eigenvalue weighted by Crippen LogP contribution is -2.20. The van der Waals surface area contributed by atoms with Crippen molar-refractivity contribution in [2.75, 3.05) is 11.9 Å². The van der Waals surface area contributed by atoms with Crippen LogP contribution < -0.4 is 15.8 Å². The molecular formula is C17H14N4O3. The second-order valence-electron chi connectivity index (χ2n) is 5.02. The molecule has 1 aromatic heterocycles. The molecule has 0 saturated carbocycles. The van der Waals surface area contributed by atoms with Gasteiger partial charge in [-0.25, -0.2) is 0 Å². The summed E-state index contributed by atoms with van der Waals surface area (Å²) < 4.78 is 5.46. The number of hydrogen-bond acceptors (Lipinski definition) is 5. The van der Waals surface area contributed by atoms with E-state index in [9.17, 15) is 9.59 Å². The summed E-state index contributed by atoms with van der Waals surface area (Å²) in [6.45, 7) is -0.208. The molecule has 0 spiro atoms. The monoisotopic (exact) mass is 322 g/mol. The Hall–Kier alpha value is -3.48. The Bertz CT molecular complexity index is 888. The van der Waals surface area contributed by atoms with Crippen LogP contribution in [0, 0.1) is 0 Å². The van der Waals surface area contributed by atoms with Gasteiger partial charge in [-0.15, -0.1) is 5.10 Å². The maximum atomic E-state index is 12.0. The first kappa shape index (κ1) is 15.4. The third kappa shape index (κ3) is 3.46. The highest BCUT2D eigenvalue weighted by molar-refractivity contribution is 5.95. The third-order valence-corrected chi connectivity index (χ3v) is 3.33. The molecule has 0 aliphatic rings. The minimum absolute atomic E-state index is 0.208. The Balaban J connectivity index is 1.64. The van der Waals surface area contributed by atoms with E-state index in [0.29, 0.717) is 17.1 Å². The van der Waals surface area contributed by atoms with Crippen molar-refractivity contribution < 1.29 is 14.3 Å². The lowest BCUT2D eigenvalue weighted by molar-refractivity contribution is -0.118. The normalized spacial score (nSPS) is 10.3. The summed E-state index contributed by atoms with van der Waals surface area (Å²) in [6, 6.07) is 13.7. The van der Waals surface area contributed by atoms with Crippen molar-refractivity contribution in [1.29, 1.82) is 0 Å². The molecule has 24 heavy (non-hydrogen) atoms. The molecule has 1 heterocycles. The number of fused-ring (bicyclic) bond motifs is 1. The summed E-state index contributed by atoms with van der Waals surface area (Å²) in [4.78, 5) is 23.0. The summed E-state index contributed by atoms with van der Waals surface area (Å²) >= 11 is 0. The number of primary amides is 1. The van der Waals surface area contributed by atoms with E-state index in [-0.39, 0.29) is 12.5 Å². The van der Waals surface area contributed by atoms with Gasteiger partial charge in [0.2, 0.25) is 11.8 Å². The van der Waals surface area contributed by atoms with Crippen molar-refractivity contribution in [3.8, 4) is 5.88 Å². The Kier molecular flexibility index (Phi) is 4.33. The van der Waals surface area contributed by atoms with Crippen molar-refractivity contribution in [1.82, 2.24) is 10.2 Å². The molecule has 0 aliphatic heterocycles. The van der Waals surface area contributed by atoms with Gasteiger partial charge in [-0.2, -0.15) is 5.10 Å². The van der Waals surface area contributed by atoms with E-state index >= 15 is 0 Å². The number of rotatable bonds is 5. The Morgan fingerprint density at radius 1 is 1.08 bits per heavy atom. The van der Waals surface area contributed by atoms with E-state index < -0.39 is 5.91 Å². The van der Waals surface area contributed by atoms with Gasteiger partial charge in [-0.05, 0) is 30.3 Å². The summed E-state index contributed by atoms with van der Waals surface area (Å²) in [7, 11) is 0. The molecule has 0 atom stereocenters. The van der Waals surface area contributed by atoms with Crippen LogP contribution in [-0.4, -0.2) is 28.6 Å². The third-order valence-electron chi connectivity index (χ3n) is 3.33. The maximum absolute atomic E-state index is 12.0. The molecule has 7 heteroatoms. The number of hydrogen-bond donors (Lipinski definition) is 2. The summed E-state index contributed by atoms with van der Waals surface area (Å²) in [6.07, 6.45) is 1.63. The van der Waals surface area contributed by atoms with Crippen LogP contribution in [-0.2, 0) is 4.79 Å². The smallest absolute Gasteiger partial charge is 0.262 e. The molecule has 0 unspecified atom stereocenters. The minimum atomic E-state index is -0.522. The Morgan fingerprint density at radius 3 is 2.58 bits per heavy atom. The van der Waals surface area contributed by atoms with Crippen LogP contribution in [0.2, 0.25) is 0 Å². The Morgan fingerprint density at radius 2 is 1.83 bits per heavy atom. The number of nitrogens with two attached hydrogens (primary N) is 1. The topological polar surface area (TPSA) is 107 Å². The number of aromatic nitrogens is 2. The predicted octanol–water partition coefficient (Wildman–Crippen LogP) is 1.75. The number of nitrogens with one attached hydrogen (secondary N) is 1. The Labute approximate surface area is 137 Å². The lowest BCUT2D eigenvalue weighted by atomic mass is 10.2. The van der Waals surface area contributed by atoms with Crippen LogP contribution in [0.5, 0.6) is 5.88 Å². The predicted molar refractivity (Wildman–Crippen MR) is 88.6 cm³/mol. The molecule has 7 nitrogen and oxygen atoms in total. The zero-order valence-electron chi connectivity index (χ0n) is 12.6. The molecule has 0 saturated heterocycles. The van der Waals surface area contributed by atoms with Gasteiger partial charge in [0.25, 0.3) is 5.91 Å². The number of carbonyl (C=O) groups is 2. The van der Waals surface area contributed by atoms with Gasteiger partial charge in [0.1, 0.15) is 0 Å². The summed E-state index contributed by atoms with van der Waals surface area (Å²) in [5.41, 5.74) is 6.07. The molecule has 3 rings (SSSR count). The maximum Gasteiger partial charge on any atom is 0.262 e. The highest BCUT2D eigenvalue weighted by atomic mass is 16.5. The first-order chi connectivity index (χ1) is 11.6. The number of nitrogens with zero attached hydrogens (tertiary/aromatic N) is 2. The van der Waals surface area contributed by atoms with Gasteiger partial charge in [0.05, 0.1) is 6.20 Å². The van der Waals surface area contributed by atoms with Crippen LogP contribution >= 0.6 is 0 Å². The van der Waals surface area contributed by atoms with E-state index in [4.69, 9.17) is 10.5 Å². The summed E-state index contributed by atoms with van der Waals surface area (Å²) in [5.74, 6) is -0.574. The largest absolute Gasteiger partial charge is 0.466 e. The second kappa shape index (κ2) is 6.74. The van der Waals surface area contributed by atoms with Crippen LogP contribution in [0.1, 0.15) is 10.4 Å². The molecule has 120 valence electrons. The van der Waals surface area contributed by atoms with Gasteiger partial charge >= 0.3 is 0 Å². The van der Waals surface area contributed by atoms with Crippen molar-refractivity contribution in [3.63, 3.8) is 0 Å². The standard InChI is InChI=1S/C17H14N4O3/c18-16(23)11-5-7-13(8-6-11)20-15(22)10-24-17-14-4-2-1-3-12(14)9-19-21-17/h1-9H,10H2,(H2,18,23)(H,20,22). The van der Waals surface area contributed by atoms with Crippen LogP contribution in [0.25, 0.3) is 10.8 Å². The van der Waals surface area contributed by atoms with Gasteiger partial charge < -0.3 is 15.8 Å². The molecule has 0 radical (unpaired) electrons. The highest BCUT2D eigenvalue weighted by Crippen LogP contribution is 2.21. The van der Waals surface area contributed by atoms with Gasteiger partial charge in [0.15, 0.2) is 6.61 Å². The van der Waals surface area contributed by atoms with Gasteiger partial charge in [-0.1, -0.05) is 18.2 Å². The van der Waals surface area contributed by atoms with Gasteiger partial charge in [-0.3, -0.25) is 9.59 Å². The molecule has 0 aliphatic carbocycles. The number of anilines is 1. The molecule has 2 amide bonds. The fourth-order valence-corrected chi connectivity index (χ4v) is 2.16. The first-order valence-corrected chi connectivity index (χ1v) is 7.16. The van der Waals surface area contributed by atoms with Crippen molar-refractivity contribution >= 4 is 28.3 Å². The number of ether oxygens (including phenoxy) is 1. The van der Waals surface area contributed by atoms with Crippen molar-refractivity contribution in [3.05, 3.63) is 60.3 Å². The fraction of sp³-hybridized carbons (Fsp3) is 0.0588. The highest BCUT2D eigenvalue weighted by Gasteiger charge is 2.08. The zero-order chi connectivity index (χ0) is 16.9. The first-order valence-electron chi connectivity index (χ1n) is 7.16. The molecule has 3 aromatic rings. The van der Waals surface area contributed by atoms with E-state index in [1.165, 1.54) is 12.1 Å². The van der Waals surface area contributed by atoms with Gasteiger partial charge in [0, 0.05) is 22.0 Å². The molecule has 2 aromatic carbocycles. The minimum Gasteiger partial charge on any atom is -0.466 e. The SMILES string of the molecule is NC(=O)c1ccc(NC(=O)COc2nncc3ccccc23)cc1. The summed E-state index contributed by atoms with van der Waals surface area (Å²) in [5, 5.41) is 12.1. The zero-order valence-corrected chi connectivity index (χ0v) is 12.6. The van der Waals surface area contributed by atoms with Crippen LogP contribution in [0.15, 0.2) is 54.7 Å². The van der Waals surface area contributed by atoms with E-state index in [2.05, 4.69) is 15.5 Å². The van der Waals surface area contributed by atoms with Crippen molar-refractivity contribution in [2.45, 2.75) is 0 Å². The lowest BCUT2D eigenvalue weighted by Gasteiger charge is -2.08. The van der Waals surface area contributed by atoms with Crippen molar-refractivity contribution in [2.24, 2.45) is 5.73 Å².